The van der Waals surface area contributed by atoms with E-state index in [4.69, 9.17) is 5.11 Å². The molecule has 0 aliphatic carbocycles. The van der Waals surface area contributed by atoms with Crippen LogP contribution in [0.1, 0.15) is 237 Å². The molecule has 1 rings (SSSR count). The van der Waals surface area contributed by atoms with Crippen LogP contribution in [0.4, 0.5) is 0 Å². The first-order valence-electron chi connectivity index (χ1n) is 26.1. The molecular formula is C51H114N7O+3. The minimum atomic E-state index is -0.255. The van der Waals surface area contributed by atoms with Gasteiger partial charge in [-0.2, -0.15) is 0 Å². The van der Waals surface area contributed by atoms with Gasteiger partial charge in [0.25, 0.3) is 0 Å². The van der Waals surface area contributed by atoms with Crippen molar-refractivity contribution in [2.75, 3.05) is 78.5 Å². The molecule has 59 heavy (non-hydrogen) atoms. The summed E-state index contributed by atoms with van der Waals surface area (Å²) in [5.74, 6) is 0. The van der Waals surface area contributed by atoms with Crippen LogP contribution in [0.3, 0.4) is 0 Å². The van der Waals surface area contributed by atoms with E-state index in [9.17, 15) is 0 Å². The molecule has 0 unspecified atom stereocenters. The number of hydrogen-bond donors (Lipinski definition) is 2. The Balaban J connectivity index is -0.000000350. The summed E-state index contributed by atoms with van der Waals surface area (Å²) in [5.41, 5.74) is 0. The highest BCUT2D eigenvalue weighted by Gasteiger charge is 2.26. The molecule has 1 heterocycles. The summed E-state index contributed by atoms with van der Waals surface area (Å²) in [6.07, 6.45) is 33.2. The third-order valence-electron chi connectivity index (χ3n) is 12.2. The Kier molecular flexibility index (Phi) is 53.4. The van der Waals surface area contributed by atoms with Gasteiger partial charge in [0.15, 0.2) is 0 Å². The lowest BCUT2D eigenvalue weighted by Crippen LogP contribution is -2.50. The monoisotopic (exact) mass is 841 g/mol. The standard InChI is InChI=1S/3C16H36N.C2H4.CH2N4O/c3*1-5-9-13-17(14-10-6-2,15-11-7-3)16-12-8-4;1-2;6-1-2-4-5-3-1/h3*5-16H2,1-4H3;1-2H2;(H2,2,3,4,5,6)/q3*+1;;. The lowest BCUT2D eigenvalue weighted by Gasteiger charge is -2.39. The Hall–Kier alpha value is -1.51. The normalized spacial score (nSPS) is 11.3. The van der Waals surface area contributed by atoms with Crippen molar-refractivity contribution in [3.63, 3.8) is 0 Å². The number of aromatic hydroxyl groups is 1. The van der Waals surface area contributed by atoms with Crippen molar-refractivity contribution in [1.29, 1.82) is 0 Å². The maximum Gasteiger partial charge on any atom is 0.330 e. The van der Waals surface area contributed by atoms with Crippen molar-refractivity contribution in [2.45, 2.75) is 237 Å². The predicted octanol–water partition coefficient (Wildman–Crippen LogP) is 14.7. The first-order chi connectivity index (χ1) is 28.6. The van der Waals surface area contributed by atoms with Crippen LogP contribution in [0.2, 0.25) is 0 Å². The molecule has 0 fully saturated rings. The summed E-state index contributed by atoms with van der Waals surface area (Å²) >= 11 is 0. The Morgan fingerprint density at radius 2 is 0.492 bits per heavy atom. The van der Waals surface area contributed by atoms with E-state index < -0.39 is 0 Å². The van der Waals surface area contributed by atoms with Crippen LogP contribution >= 0.6 is 0 Å². The Labute approximate surface area is 372 Å². The topological polar surface area (TPSA) is 74.7 Å². The molecule has 0 aromatic carbocycles. The first-order valence-corrected chi connectivity index (χ1v) is 26.1. The van der Waals surface area contributed by atoms with Gasteiger partial charge in [0.05, 0.1) is 78.5 Å². The zero-order valence-electron chi connectivity index (χ0n) is 43.0. The summed E-state index contributed by atoms with van der Waals surface area (Å²) < 4.78 is 4.26. The highest BCUT2D eigenvalue weighted by Crippen LogP contribution is 2.19. The van der Waals surface area contributed by atoms with Crippen LogP contribution < -0.4 is 0 Å². The number of tetrazole rings is 1. The molecule has 0 amide bonds. The molecule has 0 atom stereocenters. The highest BCUT2D eigenvalue weighted by molar-refractivity contribution is 4.73. The van der Waals surface area contributed by atoms with E-state index >= 15 is 0 Å². The number of aromatic amines is 1. The molecule has 0 saturated heterocycles. The van der Waals surface area contributed by atoms with Crippen LogP contribution in [0.25, 0.3) is 0 Å². The maximum atomic E-state index is 8.18. The van der Waals surface area contributed by atoms with Crippen molar-refractivity contribution < 1.29 is 18.6 Å². The fourth-order valence-electron chi connectivity index (χ4n) is 8.09. The first kappa shape index (κ1) is 64.1. The van der Waals surface area contributed by atoms with Crippen molar-refractivity contribution in [1.82, 2.24) is 20.6 Å². The molecule has 0 saturated carbocycles. The van der Waals surface area contributed by atoms with Gasteiger partial charge in [-0.1, -0.05) is 165 Å². The molecular weight excluding hydrogens is 727 g/mol. The van der Waals surface area contributed by atoms with E-state index in [0.29, 0.717) is 0 Å². The second-order valence-corrected chi connectivity index (χ2v) is 17.7. The second kappa shape index (κ2) is 49.1. The van der Waals surface area contributed by atoms with Crippen LogP contribution in [-0.2, 0) is 0 Å². The van der Waals surface area contributed by atoms with Gasteiger partial charge in [-0.25, -0.2) is 5.10 Å². The Bertz CT molecular complexity index is 683. The number of aromatic nitrogens is 4. The second-order valence-electron chi connectivity index (χ2n) is 17.7. The van der Waals surface area contributed by atoms with Crippen molar-refractivity contribution in [2.24, 2.45) is 0 Å². The fourth-order valence-corrected chi connectivity index (χ4v) is 8.09. The molecule has 8 nitrogen and oxygen atoms in total. The molecule has 1 aromatic rings. The van der Waals surface area contributed by atoms with Crippen molar-refractivity contribution in [3.8, 4) is 6.01 Å². The average molecular weight is 842 g/mol. The largest absolute Gasteiger partial charge is 0.478 e. The average Bonchev–Trinajstić information content (AvgIpc) is 3.77. The summed E-state index contributed by atoms with van der Waals surface area (Å²) in [7, 11) is 0. The van der Waals surface area contributed by atoms with E-state index in [1.54, 1.807) is 0 Å². The number of hydrogen-bond acceptors (Lipinski definition) is 4. The van der Waals surface area contributed by atoms with Gasteiger partial charge in [-0.3, -0.25) is 0 Å². The molecule has 2 N–H and O–H groups in total. The predicted molar refractivity (Wildman–Crippen MR) is 265 cm³/mol. The summed E-state index contributed by atoms with van der Waals surface area (Å²) in [5, 5.41) is 19.4. The number of quaternary nitrogens is 3. The highest BCUT2D eigenvalue weighted by atomic mass is 16.3. The van der Waals surface area contributed by atoms with Gasteiger partial charge in [0, 0.05) is 0 Å². The zero-order valence-corrected chi connectivity index (χ0v) is 43.0. The van der Waals surface area contributed by atoms with E-state index in [2.05, 4.69) is 117 Å². The van der Waals surface area contributed by atoms with Gasteiger partial charge in [0.2, 0.25) is 0 Å². The van der Waals surface area contributed by atoms with Crippen LogP contribution in [-0.4, -0.2) is 118 Å². The van der Waals surface area contributed by atoms with Gasteiger partial charge < -0.3 is 18.6 Å². The smallest absolute Gasteiger partial charge is 0.330 e. The molecule has 0 spiro atoms. The number of nitrogens with zero attached hydrogens (tertiary/aromatic N) is 6. The van der Waals surface area contributed by atoms with E-state index in [1.165, 1.54) is 246 Å². The fraction of sp³-hybridized carbons (Fsp3) is 0.941. The molecule has 0 aliphatic heterocycles. The molecule has 0 bridgehead atoms. The van der Waals surface area contributed by atoms with Gasteiger partial charge >= 0.3 is 6.01 Å². The number of H-pyrrole nitrogens is 1. The molecule has 8 heteroatoms. The summed E-state index contributed by atoms with van der Waals surface area (Å²) in [6, 6.07) is -0.255. The lowest BCUT2D eigenvalue weighted by molar-refractivity contribution is -0.929. The van der Waals surface area contributed by atoms with Crippen LogP contribution in [0.15, 0.2) is 13.2 Å². The van der Waals surface area contributed by atoms with E-state index in [1.807, 2.05) is 0 Å². The van der Waals surface area contributed by atoms with Gasteiger partial charge in [-0.15, -0.1) is 13.2 Å². The minimum absolute atomic E-state index is 0.255. The van der Waals surface area contributed by atoms with E-state index in [-0.39, 0.29) is 6.01 Å². The molecule has 1 aromatic heterocycles. The molecule has 356 valence electrons. The molecule has 0 radical (unpaired) electrons. The number of rotatable bonds is 36. The third kappa shape index (κ3) is 39.1. The minimum Gasteiger partial charge on any atom is -0.478 e. The summed E-state index contributed by atoms with van der Waals surface area (Å²) in [4.78, 5) is 0. The Morgan fingerprint density at radius 3 is 0.559 bits per heavy atom. The summed E-state index contributed by atoms with van der Waals surface area (Å²) in [6.45, 7) is 51.1. The SMILES string of the molecule is C=C.CCCC[N+](CCCC)(CCCC)CCCC.CCCC[N+](CCCC)(CCCC)CCCC.CCCC[N+](CCCC)(CCCC)CCCC.Oc1nnn[nH]1. The van der Waals surface area contributed by atoms with Gasteiger partial charge in [0.1, 0.15) is 0 Å². The van der Waals surface area contributed by atoms with Crippen molar-refractivity contribution >= 4 is 0 Å². The lowest BCUT2D eigenvalue weighted by atomic mass is 10.1. The van der Waals surface area contributed by atoms with Crippen LogP contribution in [0.5, 0.6) is 6.01 Å². The van der Waals surface area contributed by atoms with Gasteiger partial charge in [-0.05, 0) is 87.5 Å². The zero-order chi connectivity index (χ0) is 45.4. The van der Waals surface area contributed by atoms with Crippen LogP contribution in [0, 0.1) is 0 Å². The molecule has 0 aliphatic rings. The quantitative estimate of drug-likeness (QED) is 0.0521. The number of unbranched alkanes of at least 4 members (excludes halogenated alkanes) is 12. The Morgan fingerprint density at radius 1 is 0.339 bits per heavy atom. The number of nitrogens with one attached hydrogen (secondary N) is 1. The third-order valence-corrected chi connectivity index (χ3v) is 12.2. The van der Waals surface area contributed by atoms with E-state index in [0.717, 1.165) is 0 Å². The van der Waals surface area contributed by atoms with Crippen molar-refractivity contribution in [3.05, 3.63) is 13.2 Å². The maximum absolute atomic E-state index is 8.18.